The number of nitrogens with zero attached hydrogens (tertiary/aromatic N) is 5. The molecule has 0 aliphatic carbocycles. The topological polar surface area (TPSA) is 168 Å². The van der Waals surface area contributed by atoms with Gasteiger partial charge in [0.25, 0.3) is 5.91 Å². The van der Waals surface area contributed by atoms with Crippen molar-refractivity contribution in [1.82, 2.24) is 35.4 Å². The van der Waals surface area contributed by atoms with Crippen LogP contribution in [0.2, 0.25) is 10.0 Å². The Labute approximate surface area is 392 Å². The number of likely N-dealkylation sites (tertiary alicyclic amines) is 1. The Morgan fingerprint density at radius 2 is 1.55 bits per heavy atom. The highest BCUT2D eigenvalue weighted by molar-refractivity contribution is 6.38. The van der Waals surface area contributed by atoms with Gasteiger partial charge >= 0.3 is 12.1 Å². The van der Waals surface area contributed by atoms with Crippen molar-refractivity contribution in [3.05, 3.63) is 166 Å². The number of carbonyl (C=O) groups is 5. The second-order valence-corrected chi connectivity index (χ2v) is 17.1. The summed E-state index contributed by atoms with van der Waals surface area (Å²) in [5.41, 5.74) is 8.70. The van der Waals surface area contributed by atoms with Crippen LogP contribution in [0.25, 0.3) is 16.9 Å². The number of ether oxygens (including phenoxy) is 1. The maximum Gasteiger partial charge on any atom is 0.436 e. The number of pyridine rings is 1. The number of rotatable bonds is 14. The third kappa shape index (κ3) is 11.7. The van der Waals surface area contributed by atoms with Crippen LogP contribution in [0.5, 0.6) is 0 Å². The smallest absolute Gasteiger partial charge is 0.374 e. The van der Waals surface area contributed by atoms with Gasteiger partial charge in [-0.15, -0.1) is 0 Å². The molecule has 1 atom stereocenters. The number of hydrogen-bond donors (Lipinski definition) is 3. The summed E-state index contributed by atoms with van der Waals surface area (Å²) in [6.45, 7) is 2.97. The molecule has 338 valence electrons. The van der Waals surface area contributed by atoms with Crippen LogP contribution in [0.15, 0.2) is 128 Å². The van der Waals surface area contributed by atoms with Crippen LogP contribution >= 0.6 is 23.2 Å². The van der Waals surface area contributed by atoms with E-state index in [9.17, 15) is 24.0 Å². The third-order valence-corrected chi connectivity index (χ3v) is 12.5. The minimum absolute atomic E-state index is 0.00964. The van der Waals surface area contributed by atoms with E-state index in [1.165, 1.54) is 34.0 Å². The lowest BCUT2D eigenvalue weighted by atomic mass is 9.89. The average molecular weight is 928 g/mol. The Kier molecular flexibility index (Phi) is 14.8. The van der Waals surface area contributed by atoms with E-state index in [1.54, 1.807) is 30.6 Å². The first-order chi connectivity index (χ1) is 32.1. The normalized spacial score (nSPS) is 15.5. The van der Waals surface area contributed by atoms with Gasteiger partial charge in [0.05, 0.1) is 27.0 Å². The molecule has 0 spiro atoms. The van der Waals surface area contributed by atoms with Crippen molar-refractivity contribution in [2.45, 2.75) is 56.9 Å². The SMILES string of the molecule is O=C1CCC(Nc2ccc(C3CCN(CCc4ccc(CCCN(NC(=O)c5cc(-c6ccccn6)c(Cl)cc5Cl)C(=O)OC(=O)c5ccn(-c6ccccc6)n5)cc4)CC3)cc2)C(=O)N1. The molecule has 16 heteroatoms. The van der Waals surface area contributed by atoms with Gasteiger partial charge in [0, 0.05) is 43.2 Å². The lowest BCUT2D eigenvalue weighted by Crippen LogP contribution is -2.47. The number of anilines is 1. The van der Waals surface area contributed by atoms with Gasteiger partial charge in [-0.25, -0.2) is 19.3 Å². The predicted molar refractivity (Wildman–Crippen MR) is 251 cm³/mol. The number of amides is 4. The summed E-state index contributed by atoms with van der Waals surface area (Å²) in [5.74, 6) is -1.72. The number of esters is 1. The van der Waals surface area contributed by atoms with E-state index >= 15 is 0 Å². The molecule has 2 saturated heterocycles. The van der Waals surface area contributed by atoms with Gasteiger partial charge in [0.2, 0.25) is 11.8 Å². The molecule has 3 N–H and O–H groups in total. The molecule has 66 heavy (non-hydrogen) atoms. The van der Waals surface area contributed by atoms with E-state index in [2.05, 4.69) is 67.4 Å². The first-order valence-electron chi connectivity index (χ1n) is 21.9. The summed E-state index contributed by atoms with van der Waals surface area (Å²) in [6, 6.07) is 35.2. The lowest BCUT2D eigenvalue weighted by Gasteiger charge is -2.32. The number of imide groups is 1. The van der Waals surface area contributed by atoms with E-state index in [0.29, 0.717) is 47.9 Å². The fraction of sp³-hybridized carbons (Fsp3) is 0.260. The van der Waals surface area contributed by atoms with Crippen LogP contribution in [-0.2, 0) is 27.2 Å². The second kappa shape index (κ2) is 21.4. The number of aryl methyl sites for hydroxylation is 1. The fourth-order valence-corrected chi connectivity index (χ4v) is 8.70. The van der Waals surface area contributed by atoms with Gasteiger partial charge in [0.1, 0.15) is 6.04 Å². The fourth-order valence-electron chi connectivity index (χ4n) is 8.14. The van der Waals surface area contributed by atoms with Crippen molar-refractivity contribution in [3.8, 4) is 16.9 Å². The number of carbonyl (C=O) groups excluding carboxylic acids is 5. The number of hydrogen-bond acceptors (Lipinski definition) is 10. The number of benzene rings is 4. The molecule has 8 rings (SSSR count). The highest BCUT2D eigenvalue weighted by atomic mass is 35.5. The van der Waals surface area contributed by atoms with Crippen LogP contribution in [-0.4, -0.2) is 86.7 Å². The first-order valence-corrected chi connectivity index (χ1v) is 22.7. The highest BCUT2D eigenvalue weighted by Gasteiger charge is 2.28. The number of halogens is 2. The van der Waals surface area contributed by atoms with Crippen molar-refractivity contribution in [2.75, 3.05) is 31.5 Å². The Morgan fingerprint density at radius 1 is 0.818 bits per heavy atom. The average Bonchev–Trinajstić information content (AvgIpc) is 3.84. The molecule has 2 aliphatic rings. The lowest BCUT2D eigenvalue weighted by molar-refractivity contribution is -0.133. The Balaban J connectivity index is 0.842. The summed E-state index contributed by atoms with van der Waals surface area (Å²) in [7, 11) is 0. The summed E-state index contributed by atoms with van der Waals surface area (Å²) < 4.78 is 6.74. The van der Waals surface area contributed by atoms with E-state index in [1.807, 2.05) is 42.5 Å². The molecule has 4 aromatic carbocycles. The van der Waals surface area contributed by atoms with Crippen molar-refractivity contribution in [2.24, 2.45) is 0 Å². The number of para-hydroxylation sites is 1. The second-order valence-electron chi connectivity index (χ2n) is 16.3. The molecule has 0 bridgehead atoms. The minimum Gasteiger partial charge on any atom is -0.374 e. The molecule has 0 radical (unpaired) electrons. The van der Waals surface area contributed by atoms with Crippen molar-refractivity contribution >= 4 is 58.7 Å². The highest BCUT2D eigenvalue weighted by Crippen LogP contribution is 2.33. The summed E-state index contributed by atoms with van der Waals surface area (Å²) in [5, 5.41) is 11.2. The molecule has 4 heterocycles. The van der Waals surface area contributed by atoms with E-state index in [0.717, 1.165) is 60.8 Å². The van der Waals surface area contributed by atoms with Gasteiger partial charge in [-0.1, -0.05) is 83.9 Å². The van der Waals surface area contributed by atoms with E-state index < -0.39 is 24.0 Å². The number of nitrogens with one attached hydrogen (secondary N) is 3. The molecule has 4 amide bonds. The zero-order valence-corrected chi connectivity index (χ0v) is 37.5. The monoisotopic (exact) mass is 926 g/mol. The van der Waals surface area contributed by atoms with Crippen LogP contribution in [0, 0.1) is 0 Å². The Bertz CT molecular complexity index is 2670. The van der Waals surface area contributed by atoms with Gasteiger partial charge < -0.3 is 15.0 Å². The van der Waals surface area contributed by atoms with Crippen molar-refractivity contribution in [1.29, 1.82) is 0 Å². The minimum atomic E-state index is -1.09. The van der Waals surface area contributed by atoms with Crippen LogP contribution < -0.4 is 16.1 Å². The third-order valence-electron chi connectivity index (χ3n) is 11.8. The Hall–Kier alpha value is -6.87. The molecule has 1 unspecified atom stereocenters. The molecule has 2 aliphatic heterocycles. The van der Waals surface area contributed by atoms with Crippen molar-refractivity contribution < 1.29 is 28.7 Å². The molecule has 14 nitrogen and oxygen atoms in total. The maximum absolute atomic E-state index is 13.8. The Morgan fingerprint density at radius 3 is 2.26 bits per heavy atom. The van der Waals surface area contributed by atoms with Crippen LogP contribution in [0.3, 0.4) is 0 Å². The molecule has 2 fully saturated rings. The van der Waals surface area contributed by atoms with E-state index in [-0.39, 0.29) is 34.6 Å². The summed E-state index contributed by atoms with van der Waals surface area (Å²) in [6.07, 6.45) is 6.97. The zero-order chi connectivity index (χ0) is 46.0. The molecule has 6 aromatic rings. The van der Waals surface area contributed by atoms with E-state index in [4.69, 9.17) is 27.9 Å². The number of aromatic nitrogens is 3. The molecular weight excluding hydrogens is 880 g/mol. The zero-order valence-electron chi connectivity index (χ0n) is 36.0. The number of hydrazine groups is 1. The van der Waals surface area contributed by atoms with Gasteiger partial charge in [-0.05, 0) is 129 Å². The standard InChI is InChI=1S/C50H48Cl2N8O6/c51-41-32-42(52)40(31-39(41)43-10-4-5-25-53-43)47(62)57-60(50(65)66-49(64)45-24-30-59(56-45)38-8-2-1-3-9-38)26-6-7-33-11-13-34(14-12-33)21-27-58-28-22-36(23-29-58)35-15-17-37(18-16-35)54-44-19-20-46(61)55-48(44)63/h1-5,8-18,24-25,30-32,36,44,54H,6-7,19-23,26-29H2,(H,57,62)(H,55,61,63). The van der Waals surface area contributed by atoms with Crippen LogP contribution in [0.4, 0.5) is 10.5 Å². The summed E-state index contributed by atoms with van der Waals surface area (Å²) in [4.78, 5) is 71.0. The molecule has 0 saturated carbocycles. The first kappa shape index (κ1) is 45.7. The molecule has 2 aromatic heterocycles. The number of piperidine rings is 2. The van der Waals surface area contributed by atoms with Crippen LogP contribution in [0.1, 0.15) is 75.6 Å². The largest absolute Gasteiger partial charge is 0.436 e. The van der Waals surface area contributed by atoms with Gasteiger partial charge in [-0.3, -0.25) is 30.1 Å². The summed E-state index contributed by atoms with van der Waals surface area (Å²) >= 11 is 13.0. The van der Waals surface area contributed by atoms with Gasteiger partial charge in [-0.2, -0.15) is 5.10 Å². The molecular formula is C50H48Cl2N8O6. The maximum atomic E-state index is 13.8. The van der Waals surface area contributed by atoms with Gasteiger partial charge in [0.15, 0.2) is 5.69 Å². The quantitative estimate of drug-likeness (QED) is 0.0418. The predicted octanol–water partition coefficient (Wildman–Crippen LogP) is 8.44. The van der Waals surface area contributed by atoms with Crippen molar-refractivity contribution in [3.63, 3.8) is 0 Å².